The molecule has 0 fully saturated rings. The van der Waals surface area contributed by atoms with Gasteiger partial charge in [0.2, 0.25) is 0 Å². The lowest BCUT2D eigenvalue weighted by atomic mass is 9.84. The van der Waals surface area contributed by atoms with Gasteiger partial charge in [0.15, 0.2) is 5.69 Å². The molecule has 0 aliphatic carbocycles. The quantitative estimate of drug-likeness (QED) is 0.455. The Bertz CT molecular complexity index is 1440. The van der Waals surface area contributed by atoms with Gasteiger partial charge in [-0.05, 0) is 48.6 Å². The van der Waals surface area contributed by atoms with Crippen molar-refractivity contribution in [2.24, 2.45) is 0 Å². The molecule has 6 nitrogen and oxygen atoms in total. The Labute approximate surface area is 186 Å². The number of rotatable bonds is 2. The first-order valence-electron chi connectivity index (χ1n) is 10.9. The zero-order chi connectivity index (χ0) is 22.9. The minimum Gasteiger partial charge on any atom is -0.490 e. The van der Waals surface area contributed by atoms with Gasteiger partial charge in [-0.25, -0.2) is 9.83 Å². The molecule has 3 aromatic rings. The van der Waals surface area contributed by atoms with Crippen LogP contribution in [0.4, 0.5) is 5.69 Å². The van der Waals surface area contributed by atoms with Crippen molar-refractivity contribution in [3.8, 4) is 11.4 Å². The number of benzene rings is 1. The summed E-state index contributed by atoms with van der Waals surface area (Å²) in [7, 11) is 0. The van der Waals surface area contributed by atoms with Gasteiger partial charge in [0.05, 0.1) is 35.6 Å². The second kappa shape index (κ2) is 6.78. The van der Waals surface area contributed by atoms with Crippen molar-refractivity contribution in [2.75, 3.05) is 0 Å². The van der Waals surface area contributed by atoms with Crippen molar-refractivity contribution in [1.29, 1.82) is 0 Å². The van der Waals surface area contributed by atoms with E-state index >= 15 is 0 Å². The summed E-state index contributed by atoms with van der Waals surface area (Å²) in [5, 5.41) is 12.3. The second-order valence-corrected chi connectivity index (χ2v) is 9.00. The molecule has 2 aliphatic rings. The first-order valence-corrected chi connectivity index (χ1v) is 10.9. The largest absolute Gasteiger partial charge is 0.490 e. The summed E-state index contributed by atoms with van der Waals surface area (Å²) < 4.78 is 7.28. The molecular formula is C26H25N3O3. The van der Waals surface area contributed by atoms with Gasteiger partial charge in [-0.3, -0.25) is 4.79 Å². The summed E-state index contributed by atoms with van der Waals surface area (Å²) in [5.41, 5.74) is 5.28. The van der Waals surface area contributed by atoms with Crippen molar-refractivity contribution < 1.29 is 9.84 Å². The number of hydrogen-bond donors (Lipinski definition) is 1. The van der Waals surface area contributed by atoms with Crippen LogP contribution >= 0.6 is 0 Å². The number of nitrogens with zero attached hydrogens (tertiary/aromatic N) is 3. The molecule has 2 aliphatic heterocycles. The van der Waals surface area contributed by atoms with Crippen LogP contribution in [0, 0.1) is 13.5 Å². The van der Waals surface area contributed by atoms with Gasteiger partial charge in [-0.2, -0.15) is 0 Å². The van der Waals surface area contributed by atoms with Crippen LogP contribution in [0.1, 0.15) is 60.9 Å². The average molecular weight is 428 g/mol. The lowest BCUT2D eigenvalue weighted by Gasteiger charge is -2.35. The molecule has 162 valence electrons. The van der Waals surface area contributed by atoms with Gasteiger partial charge >= 0.3 is 0 Å². The van der Waals surface area contributed by atoms with E-state index in [-0.39, 0.29) is 23.8 Å². The third-order valence-electron chi connectivity index (χ3n) is 6.96. The van der Waals surface area contributed by atoms with Crippen LogP contribution in [-0.4, -0.2) is 14.7 Å². The highest BCUT2D eigenvalue weighted by molar-refractivity contribution is 5.91. The van der Waals surface area contributed by atoms with Crippen molar-refractivity contribution in [3.63, 3.8) is 0 Å². The maximum atomic E-state index is 13.4. The van der Waals surface area contributed by atoms with E-state index in [9.17, 15) is 9.90 Å². The second-order valence-electron chi connectivity index (χ2n) is 9.00. The Balaban J connectivity index is 1.81. The molecule has 0 saturated heterocycles. The lowest BCUT2D eigenvalue weighted by Crippen LogP contribution is -2.38. The van der Waals surface area contributed by atoms with Gasteiger partial charge < -0.3 is 14.4 Å². The molecule has 0 unspecified atom stereocenters. The summed E-state index contributed by atoms with van der Waals surface area (Å²) in [6, 6.07) is 5.81. The van der Waals surface area contributed by atoms with E-state index < -0.39 is 5.60 Å². The molecule has 0 amide bonds. The van der Waals surface area contributed by atoms with E-state index in [1.165, 1.54) is 0 Å². The van der Waals surface area contributed by atoms with Gasteiger partial charge in [0.25, 0.3) is 5.56 Å². The Hall–Kier alpha value is -3.43. The van der Waals surface area contributed by atoms with Gasteiger partial charge in [-0.15, -0.1) is 0 Å². The Morgan fingerprint density at radius 3 is 2.78 bits per heavy atom. The molecule has 0 saturated carbocycles. The molecule has 1 atom stereocenters. The molecule has 2 aromatic heterocycles. The monoisotopic (exact) mass is 427 g/mol. The van der Waals surface area contributed by atoms with Crippen LogP contribution < -0.4 is 5.56 Å². The van der Waals surface area contributed by atoms with Crippen LogP contribution in [0.3, 0.4) is 0 Å². The molecule has 0 radical (unpaired) electrons. The van der Waals surface area contributed by atoms with Crippen molar-refractivity contribution in [3.05, 3.63) is 80.1 Å². The van der Waals surface area contributed by atoms with Crippen LogP contribution in [0.25, 0.3) is 27.1 Å². The Morgan fingerprint density at radius 2 is 2.12 bits per heavy atom. The molecule has 1 aromatic carbocycles. The smallest absolute Gasteiger partial charge is 0.258 e. The van der Waals surface area contributed by atoms with E-state index in [1.807, 2.05) is 26.0 Å². The fraction of sp³-hybridized carbons (Fsp3) is 0.346. The van der Waals surface area contributed by atoms with E-state index in [0.29, 0.717) is 35.5 Å². The molecule has 4 heterocycles. The predicted molar refractivity (Wildman–Crippen MR) is 124 cm³/mol. The van der Waals surface area contributed by atoms with Crippen LogP contribution in [0.5, 0.6) is 0 Å². The zero-order valence-electron chi connectivity index (χ0n) is 18.7. The fourth-order valence-corrected chi connectivity index (χ4v) is 5.21. The number of hydrogen-bond acceptors (Lipinski definition) is 4. The fourth-order valence-electron chi connectivity index (χ4n) is 5.21. The third kappa shape index (κ3) is 2.55. The highest BCUT2D eigenvalue weighted by atomic mass is 16.5. The zero-order valence-corrected chi connectivity index (χ0v) is 18.7. The minimum atomic E-state index is -1.40. The minimum absolute atomic E-state index is 0.104. The first kappa shape index (κ1) is 20.5. The van der Waals surface area contributed by atoms with Gasteiger partial charge in [0, 0.05) is 16.5 Å². The average Bonchev–Trinajstić information content (AvgIpc) is 3.12. The Kier molecular flexibility index (Phi) is 4.34. The predicted octanol–water partition coefficient (Wildman–Crippen LogP) is 5.05. The topological polar surface area (TPSA) is 68.7 Å². The number of fused-ring (bicyclic) bond motifs is 5. The maximum absolute atomic E-state index is 13.4. The van der Waals surface area contributed by atoms with Crippen molar-refractivity contribution >= 4 is 16.6 Å². The molecule has 0 spiro atoms. The van der Waals surface area contributed by atoms with Crippen molar-refractivity contribution in [2.45, 2.75) is 58.8 Å². The van der Waals surface area contributed by atoms with Crippen LogP contribution in [0.15, 0.2) is 35.3 Å². The molecule has 0 bridgehead atoms. The number of aromatic nitrogens is 2. The first-order chi connectivity index (χ1) is 15.2. The lowest BCUT2D eigenvalue weighted by molar-refractivity contribution is -0.0172. The molecular weight excluding hydrogens is 402 g/mol. The van der Waals surface area contributed by atoms with Crippen LogP contribution in [-0.2, 0) is 23.5 Å². The van der Waals surface area contributed by atoms with E-state index in [4.69, 9.17) is 16.3 Å². The normalized spacial score (nSPS) is 18.8. The Morgan fingerprint density at radius 1 is 1.38 bits per heavy atom. The summed E-state index contributed by atoms with van der Waals surface area (Å²) in [6.45, 7) is 20.1. The SMILES string of the molecule is [C-]#[N+]c1cc2nc3c(cc2c(C(C)C)c1C)Cn1c-3cc2c(c1=O)COC(=C)[C@]2(O)CC. The van der Waals surface area contributed by atoms with Crippen LogP contribution in [0.2, 0.25) is 0 Å². The number of ether oxygens (including phenoxy) is 1. The number of pyridine rings is 2. The van der Waals surface area contributed by atoms with E-state index in [1.54, 1.807) is 4.57 Å². The standard InChI is InChI=1S/C26H25N3O3/c1-7-26(31)15(5)32-12-18-19(26)9-22-24-16(11-29(22)25(18)30)8-17-21(28-24)10-20(27-6)14(4)23(17)13(2)3/h8-10,13,31H,5,7,11-12H2,1-4H3/t26-/m1/s1. The van der Waals surface area contributed by atoms with Gasteiger partial charge in [-0.1, -0.05) is 27.4 Å². The van der Waals surface area contributed by atoms with E-state index in [0.717, 1.165) is 33.3 Å². The summed E-state index contributed by atoms with van der Waals surface area (Å²) in [6.07, 6.45) is 0.352. The summed E-state index contributed by atoms with van der Waals surface area (Å²) >= 11 is 0. The maximum Gasteiger partial charge on any atom is 0.258 e. The highest BCUT2D eigenvalue weighted by Crippen LogP contribution is 2.43. The highest BCUT2D eigenvalue weighted by Gasteiger charge is 2.41. The molecule has 5 rings (SSSR count). The molecule has 1 N–H and O–H groups in total. The number of aliphatic hydroxyl groups is 1. The summed E-state index contributed by atoms with van der Waals surface area (Å²) in [4.78, 5) is 22.0. The van der Waals surface area contributed by atoms with Crippen molar-refractivity contribution in [1.82, 2.24) is 9.55 Å². The molecule has 6 heteroatoms. The van der Waals surface area contributed by atoms with E-state index in [2.05, 4.69) is 31.3 Å². The molecule has 32 heavy (non-hydrogen) atoms. The third-order valence-corrected chi connectivity index (χ3v) is 6.96. The van der Waals surface area contributed by atoms with Gasteiger partial charge in [0.1, 0.15) is 18.0 Å². The summed E-state index contributed by atoms with van der Waals surface area (Å²) in [5.74, 6) is 0.501.